The van der Waals surface area contributed by atoms with Crippen molar-refractivity contribution < 1.29 is 17.1 Å². The average Bonchev–Trinajstić information content (AvgIpc) is 3.83. The third-order valence-electron chi connectivity index (χ3n) is 8.23. The molecule has 6 heteroatoms. The minimum absolute atomic E-state index is 0.0316. The molecule has 0 unspecified atom stereocenters. The van der Waals surface area contributed by atoms with Gasteiger partial charge < -0.3 is 8.83 Å². The standard InChI is InChI=1S/C39H22N4O2/c1-5-16-31-24(10-1)25-11-2-6-17-32(25)43(31)39-41-37(23-20-21-28-26-12-3-7-18-33(26)44-35(28)22-23)40-38(42-39)30-15-9-14-29-27-13-4-8-19-34(27)45-36(29)30/h1-22H/i1D,2D,10D,11D,16D,17D. The van der Waals surface area contributed by atoms with Crippen molar-refractivity contribution in [2.24, 2.45) is 0 Å². The van der Waals surface area contributed by atoms with Crippen LogP contribution in [0, 0.1) is 0 Å². The van der Waals surface area contributed by atoms with Gasteiger partial charge in [0.05, 0.1) is 24.8 Å². The van der Waals surface area contributed by atoms with E-state index in [2.05, 4.69) is 0 Å². The number of aromatic nitrogens is 4. The van der Waals surface area contributed by atoms with Crippen molar-refractivity contribution in [3.8, 4) is 28.7 Å². The van der Waals surface area contributed by atoms with E-state index >= 15 is 0 Å². The molecule has 0 aliphatic heterocycles. The van der Waals surface area contributed by atoms with Crippen molar-refractivity contribution in [1.29, 1.82) is 0 Å². The van der Waals surface area contributed by atoms with Crippen LogP contribution in [-0.4, -0.2) is 19.5 Å². The highest BCUT2D eigenvalue weighted by atomic mass is 16.3. The Balaban J connectivity index is 1.33. The smallest absolute Gasteiger partial charge is 0.238 e. The Morgan fingerprint density at radius 2 is 1.16 bits per heavy atom. The number of rotatable bonds is 3. The van der Waals surface area contributed by atoms with E-state index in [-0.39, 0.29) is 75.7 Å². The zero-order chi connectivity index (χ0) is 34.7. The van der Waals surface area contributed by atoms with Gasteiger partial charge in [-0.25, -0.2) is 4.98 Å². The fourth-order valence-electron chi connectivity index (χ4n) is 6.22. The molecule has 6 nitrogen and oxygen atoms in total. The first-order valence-electron chi connectivity index (χ1n) is 17.4. The lowest BCUT2D eigenvalue weighted by atomic mass is 10.1. The van der Waals surface area contributed by atoms with Crippen molar-refractivity contribution in [3.63, 3.8) is 0 Å². The van der Waals surface area contributed by atoms with Crippen LogP contribution in [0.3, 0.4) is 0 Å². The molecule has 0 aliphatic rings. The third-order valence-corrected chi connectivity index (χ3v) is 8.23. The summed E-state index contributed by atoms with van der Waals surface area (Å²) in [6.45, 7) is 0. The van der Waals surface area contributed by atoms with Crippen LogP contribution in [-0.2, 0) is 0 Å². The second-order valence-electron chi connectivity index (χ2n) is 10.8. The van der Waals surface area contributed by atoms with Crippen LogP contribution < -0.4 is 0 Å². The van der Waals surface area contributed by atoms with Crippen LogP contribution in [0.2, 0.25) is 0 Å². The summed E-state index contributed by atoms with van der Waals surface area (Å²) in [5, 5.41) is 3.94. The highest BCUT2D eigenvalue weighted by Crippen LogP contribution is 2.37. The van der Waals surface area contributed by atoms with Gasteiger partial charge in [-0.3, -0.25) is 4.57 Å². The van der Waals surface area contributed by atoms with E-state index in [4.69, 9.17) is 32.0 Å². The summed E-state index contributed by atoms with van der Waals surface area (Å²) >= 11 is 0. The number of fused-ring (bicyclic) bond motifs is 9. The zero-order valence-electron chi connectivity index (χ0n) is 29.3. The number of nitrogens with zero attached hydrogens (tertiary/aromatic N) is 4. The van der Waals surface area contributed by atoms with Crippen molar-refractivity contribution >= 4 is 65.7 Å². The lowest BCUT2D eigenvalue weighted by Gasteiger charge is -2.11. The SMILES string of the molecule is [2H]c1cc([2H])c2c(c1[2H])c1c([2H])c([2H])cc([2H])c1n2-c1nc(-c2ccc3c(c2)oc2ccccc23)nc(-c2cccc3c2oc2ccccc23)n1. The highest BCUT2D eigenvalue weighted by Gasteiger charge is 2.20. The van der Waals surface area contributed by atoms with E-state index in [0.717, 1.165) is 27.1 Å². The van der Waals surface area contributed by atoms with Crippen LogP contribution in [0.25, 0.3) is 94.4 Å². The molecule has 210 valence electrons. The number of furan rings is 2. The second kappa shape index (κ2) is 9.11. The largest absolute Gasteiger partial charge is 0.456 e. The van der Waals surface area contributed by atoms with Crippen molar-refractivity contribution in [2.75, 3.05) is 0 Å². The number of hydrogen-bond donors (Lipinski definition) is 0. The molecule has 4 heterocycles. The van der Waals surface area contributed by atoms with Crippen molar-refractivity contribution in [3.05, 3.63) is 133 Å². The molecule has 0 aliphatic carbocycles. The lowest BCUT2D eigenvalue weighted by Crippen LogP contribution is -2.06. The predicted molar refractivity (Wildman–Crippen MR) is 180 cm³/mol. The summed E-state index contributed by atoms with van der Waals surface area (Å²) in [4.78, 5) is 14.8. The monoisotopic (exact) mass is 584 g/mol. The molecule has 0 bridgehead atoms. The second-order valence-corrected chi connectivity index (χ2v) is 10.8. The van der Waals surface area contributed by atoms with E-state index < -0.39 is 0 Å². The van der Waals surface area contributed by atoms with Gasteiger partial charge in [-0.15, -0.1) is 0 Å². The Labute approximate surface area is 264 Å². The van der Waals surface area contributed by atoms with E-state index in [0.29, 0.717) is 27.9 Å². The van der Waals surface area contributed by atoms with Crippen LogP contribution in [0.4, 0.5) is 0 Å². The van der Waals surface area contributed by atoms with E-state index in [1.54, 1.807) is 0 Å². The Kier molecular flexibility index (Phi) is 3.87. The molecule has 4 aromatic heterocycles. The van der Waals surface area contributed by atoms with Gasteiger partial charge in [-0.05, 0) is 42.4 Å². The Bertz CT molecular complexity index is 3060. The maximum absolute atomic E-state index is 8.97. The maximum atomic E-state index is 8.97. The fraction of sp³-hybridized carbons (Fsp3) is 0. The third kappa shape index (κ3) is 3.53. The molecular weight excluding hydrogens is 556 g/mol. The normalized spacial score (nSPS) is 13.9. The van der Waals surface area contributed by atoms with Crippen LogP contribution in [0.15, 0.2) is 142 Å². The minimum atomic E-state index is -0.222. The summed E-state index contributed by atoms with van der Waals surface area (Å²) in [5.74, 6) is 0.554. The molecule has 0 saturated carbocycles. The molecule has 0 N–H and O–H groups in total. The number of hydrogen-bond acceptors (Lipinski definition) is 5. The van der Waals surface area contributed by atoms with Gasteiger partial charge in [-0.2, -0.15) is 9.97 Å². The summed E-state index contributed by atoms with van der Waals surface area (Å²) < 4.78 is 66.5. The van der Waals surface area contributed by atoms with Gasteiger partial charge in [0.15, 0.2) is 11.6 Å². The van der Waals surface area contributed by atoms with Gasteiger partial charge in [-0.1, -0.05) is 90.9 Å². The summed E-state index contributed by atoms with van der Waals surface area (Å²) in [6.07, 6.45) is 0. The minimum Gasteiger partial charge on any atom is -0.456 e. The van der Waals surface area contributed by atoms with Gasteiger partial charge in [0.1, 0.15) is 22.3 Å². The Morgan fingerprint density at radius 3 is 1.93 bits per heavy atom. The quantitative estimate of drug-likeness (QED) is 0.207. The fourth-order valence-corrected chi connectivity index (χ4v) is 6.22. The lowest BCUT2D eigenvalue weighted by molar-refractivity contribution is 0.668. The van der Waals surface area contributed by atoms with Crippen LogP contribution in [0.5, 0.6) is 0 Å². The molecule has 0 amide bonds. The zero-order valence-corrected chi connectivity index (χ0v) is 23.3. The first-order valence-corrected chi connectivity index (χ1v) is 14.4. The van der Waals surface area contributed by atoms with Crippen molar-refractivity contribution in [1.82, 2.24) is 19.5 Å². The molecule has 0 radical (unpaired) electrons. The van der Waals surface area contributed by atoms with Gasteiger partial charge in [0.2, 0.25) is 5.95 Å². The Hall–Kier alpha value is -6.27. The average molecular weight is 585 g/mol. The summed E-state index contributed by atoms with van der Waals surface area (Å²) in [7, 11) is 0. The molecule has 10 aromatic rings. The van der Waals surface area contributed by atoms with E-state index in [9.17, 15) is 0 Å². The molecule has 0 fully saturated rings. The molecular formula is C39H22N4O2. The highest BCUT2D eigenvalue weighted by molar-refractivity contribution is 6.10. The van der Waals surface area contributed by atoms with E-state index in [1.807, 2.05) is 84.9 Å². The molecule has 0 atom stereocenters. The summed E-state index contributed by atoms with van der Waals surface area (Å²) in [6, 6.07) is 28.4. The maximum Gasteiger partial charge on any atom is 0.238 e. The van der Waals surface area contributed by atoms with Crippen molar-refractivity contribution in [2.45, 2.75) is 0 Å². The van der Waals surface area contributed by atoms with Gasteiger partial charge >= 0.3 is 0 Å². The first-order chi connectivity index (χ1) is 24.8. The van der Waals surface area contributed by atoms with Gasteiger partial charge in [0.25, 0.3) is 0 Å². The number of para-hydroxylation sites is 5. The van der Waals surface area contributed by atoms with E-state index in [1.165, 1.54) is 16.7 Å². The van der Waals surface area contributed by atoms with Crippen LogP contribution in [0.1, 0.15) is 8.22 Å². The molecule has 6 aromatic carbocycles. The van der Waals surface area contributed by atoms with Gasteiger partial charge in [0, 0.05) is 37.9 Å². The number of benzene rings is 6. The van der Waals surface area contributed by atoms with Crippen LogP contribution >= 0.6 is 0 Å². The molecule has 10 rings (SSSR count). The first kappa shape index (κ1) is 19.1. The topological polar surface area (TPSA) is 69.9 Å². The molecule has 0 saturated heterocycles. The summed E-state index contributed by atoms with van der Waals surface area (Å²) in [5.41, 5.74) is 4.15. The molecule has 0 spiro atoms. The Morgan fingerprint density at radius 1 is 0.511 bits per heavy atom. The molecule has 45 heavy (non-hydrogen) atoms. The predicted octanol–water partition coefficient (Wildman–Crippen LogP) is 10.1.